The van der Waals surface area contributed by atoms with E-state index >= 15 is 35.1 Å². The van der Waals surface area contributed by atoms with Gasteiger partial charge in [-0.05, 0) is 13.8 Å². The minimum atomic E-state index is -7.22. The number of hydrogen-bond donors (Lipinski definition) is 0. The highest BCUT2D eigenvalue weighted by Gasteiger charge is 2.52. The van der Waals surface area contributed by atoms with Gasteiger partial charge in [0.1, 0.15) is 52.7 Å². The van der Waals surface area contributed by atoms with Crippen molar-refractivity contribution in [3.05, 3.63) is 182 Å². The molecule has 0 saturated heterocycles. The summed E-state index contributed by atoms with van der Waals surface area (Å²) < 4.78 is 296. The Hall–Kier alpha value is -6.68. The van der Waals surface area contributed by atoms with Crippen molar-refractivity contribution in [1.29, 1.82) is 0 Å². The monoisotopic (exact) mass is 957 g/mol. The maximum atomic E-state index is 15.4. The zero-order chi connectivity index (χ0) is 49.4. The molecule has 0 fully saturated rings. The first-order valence-electron chi connectivity index (χ1n) is 18.2. The summed E-state index contributed by atoms with van der Waals surface area (Å²) in [5.74, 6) is -71.2. The summed E-state index contributed by atoms with van der Waals surface area (Å²) in [6.07, 6.45) is -7.22. The van der Waals surface area contributed by atoms with Gasteiger partial charge in [-0.2, -0.15) is 4.58 Å². The van der Waals surface area contributed by atoms with E-state index in [1.807, 2.05) is 36.4 Å². The van der Waals surface area contributed by atoms with Gasteiger partial charge >= 0.3 is 0 Å². The maximum absolute atomic E-state index is 15.4. The Bertz CT molecular complexity index is 2680. The molecule has 6 aromatic rings. The van der Waals surface area contributed by atoms with Gasteiger partial charge in [-0.15, -0.1) is 21.9 Å². The van der Waals surface area contributed by atoms with E-state index in [1.165, 1.54) is 11.3 Å². The molecule has 0 saturated carbocycles. The molecule has 66 heavy (non-hydrogen) atoms. The van der Waals surface area contributed by atoms with Crippen LogP contribution in [0.5, 0.6) is 0 Å². The second-order valence-electron chi connectivity index (χ2n) is 14.9. The molecule has 1 aliphatic rings. The van der Waals surface area contributed by atoms with Crippen LogP contribution in [0.1, 0.15) is 36.7 Å². The number of carbonyl (C=O) groups is 1. The summed E-state index contributed by atoms with van der Waals surface area (Å²) >= 11 is 0. The molecule has 0 N–H and O–H groups in total. The smallest absolute Gasteiger partial charge is 0.227 e. The van der Waals surface area contributed by atoms with Gasteiger partial charge in [0.25, 0.3) is 0 Å². The summed E-state index contributed by atoms with van der Waals surface area (Å²) in [6, 6.07) is 17.9. The van der Waals surface area contributed by atoms with Gasteiger partial charge in [-0.1, -0.05) is 48.5 Å². The Balaban J connectivity index is 0.000000284. The Morgan fingerprint density at radius 1 is 0.409 bits per heavy atom. The van der Waals surface area contributed by atoms with Crippen molar-refractivity contribution in [2.75, 3.05) is 6.54 Å². The van der Waals surface area contributed by atoms with Crippen molar-refractivity contribution >= 4 is 45.2 Å². The number of Topliss-reactive ketones (excluding diaryl/α,β-unsaturated/α-hetero) is 1. The Morgan fingerprint density at radius 3 is 0.970 bits per heavy atom. The number of para-hydroxylation sites is 1. The van der Waals surface area contributed by atoms with Gasteiger partial charge in [0.2, 0.25) is 18.0 Å². The maximum Gasteiger partial charge on any atom is 0.227 e. The fourth-order valence-corrected chi connectivity index (χ4v) is 7.89. The molecule has 1 heterocycles. The van der Waals surface area contributed by atoms with Gasteiger partial charge in [-0.3, -0.25) is 4.79 Å². The highest BCUT2D eigenvalue weighted by atomic mass is 19.2. The van der Waals surface area contributed by atoms with Crippen molar-refractivity contribution in [3.63, 3.8) is 0 Å². The van der Waals surface area contributed by atoms with E-state index in [0.29, 0.717) is 6.54 Å². The average molecular weight is 957 g/mol. The van der Waals surface area contributed by atoms with Crippen LogP contribution in [-0.2, 0) is 5.41 Å². The lowest BCUT2D eigenvalue weighted by atomic mass is 9.12. The fraction of sp³-hybridized carbons (Fsp3) is 0.116. The number of carbonyl (C=O) groups excluding carboxylic acids is 1. The SMILES string of the molecule is CC1=[N+](CC(=O)c2ccccc2)c2ccccc2C1(C)C.Fc1c(F)c(F)c([B-](c2c(F)c(F)c(F)c(F)c2F)(c2c(F)c(F)c(F)c(F)c2F)c2c(F)c(F)c(F)c(F)c2F)c(F)c1F. The van der Waals surface area contributed by atoms with E-state index in [9.17, 15) is 57.5 Å². The van der Waals surface area contributed by atoms with E-state index in [4.69, 9.17) is 0 Å². The molecular formula is C43H20BF20NO. The third-order valence-corrected chi connectivity index (χ3v) is 11.3. The van der Waals surface area contributed by atoms with Crippen molar-refractivity contribution in [3.8, 4) is 0 Å². The number of fused-ring (bicyclic) bond motifs is 1. The molecular weight excluding hydrogens is 937 g/mol. The van der Waals surface area contributed by atoms with E-state index in [-0.39, 0.29) is 11.2 Å². The molecule has 346 valence electrons. The third-order valence-electron chi connectivity index (χ3n) is 11.3. The Kier molecular flexibility index (Phi) is 12.8. The second-order valence-corrected chi connectivity index (χ2v) is 14.9. The van der Waals surface area contributed by atoms with Crippen LogP contribution in [0.15, 0.2) is 54.6 Å². The Labute approximate surface area is 357 Å². The molecule has 0 aromatic heterocycles. The lowest BCUT2D eigenvalue weighted by Crippen LogP contribution is -2.81. The molecule has 1 aliphatic heterocycles. The van der Waals surface area contributed by atoms with E-state index < -0.39 is 144 Å². The highest BCUT2D eigenvalue weighted by molar-refractivity contribution is 7.20. The topological polar surface area (TPSA) is 20.1 Å². The number of hydrogen-bond acceptors (Lipinski definition) is 1. The molecule has 2 nitrogen and oxygen atoms in total. The number of halogens is 20. The van der Waals surface area contributed by atoms with Crippen LogP contribution < -0.4 is 21.9 Å². The fourth-order valence-electron chi connectivity index (χ4n) is 7.89. The van der Waals surface area contributed by atoms with Crippen LogP contribution in [0.2, 0.25) is 0 Å². The predicted molar refractivity (Wildman–Crippen MR) is 195 cm³/mol. The van der Waals surface area contributed by atoms with Crippen LogP contribution in [0.25, 0.3) is 0 Å². The molecule has 23 heteroatoms. The number of ketones is 1. The molecule has 0 radical (unpaired) electrons. The van der Waals surface area contributed by atoms with Crippen molar-refractivity contribution in [2.45, 2.75) is 26.2 Å². The van der Waals surface area contributed by atoms with Crippen molar-refractivity contribution in [2.24, 2.45) is 0 Å². The molecule has 0 bridgehead atoms. The molecule has 0 amide bonds. The molecule has 0 atom stereocenters. The summed E-state index contributed by atoms with van der Waals surface area (Å²) in [7, 11) is 0. The van der Waals surface area contributed by atoms with Gasteiger partial charge in [0, 0.05) is 24.1 Å². The van der Waals surface area contributed by atoms with Crippen LogP contribution in [0.3, 0.4) is 0 Å². The van der Waals surface area contributed by atoms with Gasteiger partial charge in [0.15, 0.2) is 75.5 Å². The lowest BCUT2D eigenvalue weighted by Gasteiger charge is -2.44. The van der Waals surface area contributed by atoms with Crippen molar-refractivity contribution < 1.29 is 97.2 Å². The van der Waals surface area contributed by atoms with Gasteiger partial charge in [0.05, 0.1) is 5.41 Å². The predicted octanol–water partition coefficient (Wildman–Crippen LogP) is 9.81. The van der Waals surface area contributed by atoms with Gasteiger partial charge < -0.3 is 0 Å². The summed E-state index contributed by atoms with van der Waals surface area (Å²) in [5.41, 5.74) is -9.90. The third kappa shape index (κ3) is 7.08. The zero-order valence-corrected chi connectivity index (χ0v) is 32.9. The second kappa shape index (κ2) is 17.3. The summed E-state index contributed by atoms with van der Waals surface area (Å²) in [5, 5.41) is 0. The Morgan fingerprint density at radius 2 is 0.667 bits per heavy atom. The molecule has 0 spiro atoms. The summed E-state index contributed by atoms with van der Waals surface area (Å²) in [4.78, 5) is 12.5. The number of rotatable bonds is 7. The van der Waals surface area contributed by atoms with E-state index in [2.05, 4.69) is 43.5 Å². The first-order valence-corrected chi connectivity index (χ1v) is 18.2. The minimum absolute atomic E-state index is 0.0203. The van der Waals surface area contributed by atoms with Crippen LogP contribution in [0, 0.1) is 116 Å². The van der Waals surface area contributed by atoms with Crippen molar-refractivity contribution in [1.82, 2.24) is 0 Å². The van der Waals surface area contributed by atoms with Gasteiger partial charge in [-0.25, -0.2) is 87.8 Å². The molecule has 0 unspecified atom stereocenters. The number of nitrogens with zero attached hydrogens (tertiary/aromatic N) is 1. The zero-order valence-electron chi connectivity index (χ0n) is 32.9. The highest BCUT2D eigenvalue weighted by Crippen LogP contribution is 2.39. The standard InChI is InChI=1S/C24BF20.C19H20NO/c26-5-1(6(27)14(35)21(42)13(5)34)25(2-7(28)15(36)22(43)16(37)8(2)29,3-9(30)17(38)23(44)18(39)10(3)31)4-11(32)19(40)24(45)20(41)12(4)33;1-14-19(2,3)16-11-7-8-12-17(16)20(14)13-18(21)15-9-5-4-6-10-15/h;4-12H,13H2,1-3H3/q-1;+1. The first kappa shape index (κ1) is 48.8. The van der Waals surface area contributed by atoms with Crippen LogP contribution in [-0.4, -0.2) is 28.8 Å². The van der Waals surface area contributed by atoms with Crippen LogP contribution in [0.4, 0.5) is 93.5 Å². The average Bonchev–Trinajstić information content (AvgIpc) is 3.49. The first-order chi connectivity index (χ1) is 30.7. The quantitative estimate of drug-likeness (QED) is 0.0390. The summed E-state index contributed by atoms with van der Waals surface area (Å²) in [6.45, 7) is 6.96. The molecule has 6 aromatic carbocycles. The van der Waals surface area contributed by atoms with E-state index in [0.717, 1.165) is 11.3 Å². The minimum Gasteiger partial charge on any atom is -0.287 e. The van der Waals surface area contributed by atoms with E-state index in [1.54, 1.807) is 0 Å². The van der Waals surface area contributed by atoms with Crippen LogP contribution >= 0.6 is 0 Å². The molecule has 7 rings (SSSR count). The molecule has 0 aliphatic carbocycles. The largest absolute Gasteiger partial charge is 0.287 e. The normalized spacial score (nSPS) is 13.3. The number of benzene rings is 6. The lowest BCUT2D eigenvalue weighted by molar-refractivity contribution is -0.423.